The number of carbonyl (C=O) groups is 1. The number of aliphatic hydroxyl groups excluding tert-OH is 1. The van der Waals surface area contributed by atoms with Gasteiger partial charge in [0.25, 0.3) is 0 Å². The van der Waals surface area contributed by atoms with E-state index < -0.39 is 11.6 Å². The molecule has 0 unspecified atom stereocenters. The van der Waals surface area contributed by atoms with Crippen molar-refractivity contribution in [3.8, 4) is 0 Å². The predicted molar refractivity (Wildman–Crippen MR) is 42.7 cm³/mol. The maximum atomic E-state index is 10.6. The molecule has 0 atom stereocenters. The first kappa shape index (κ1) is 11.2. The summed E-state index contributed by atoms with van der Waals surface area (Å²) in [7, 11) is 0. The largest absolute Gasteiger partial charge is 0.463 e. The monoisotopic (exact) mass is 177 g/mol. The van der Waals surface area contributed by atoms with Gasteiger partial charge >= 0.3 is 6.09 Å². The molecule has 72 valence electrons. The van der Waals surface area contributed by atoms with Crippen LogP contribution in [0.3, 0.4) is 0 Å². The molecule has 0 aliphatic heterocycles. The number of hydroxylamine groups is 2. The van der Waals surface area contributed by atoms with Crippen molar-refractivity contribution in [2.45, 2.75) is 26.3 Å². The highest BCUT2D eigenvalue weighted by Gasteiger charge is 2.27. The maximum Gasteiger partial charge on any atom is 0.431 e. The third kappa shape index (κ3) is 3.54. The van der Waals surface area contributed by atoms with E-state index in [0.29, 0.717) is 0 Å². The van der Waals surface area contributed by atoms with E-state index in [1.54, 1.807) is 20.8 Å². The lowest BCUT2D eigenvalue weighted by Crippen LogP contribution is -2.45. The molecule has 0 bridgehead atoms. The molecule has 0 aromatic carbocycles. The zero-order valence-corrected chi connectivity index (χ0v) is 7.57. The first-order valence-electron chi connectivity index (χ1n) is 3.66. The average Bonchev–Trinajstić information content (AvgIpc) is 1.84. The van der Waals surface area contributed by atoms with Crippen molar-refractivity contribution in [3.63, 3.8) is 0 Å². The summed E-state index contributed by atoms with van der Waals surface area (Å²) in [5, 5.41) is 17.9. The molecule has 12 heavy (non-hydrogen) atoms. The van der Waals surface area contributed by atoms with Gasteiger partial charge in [0.1, 0.15) is 0 Å². The summed E-state index contributed by atoms with van der Waals surface area (Å²) in [6.07, 6.45) is -1.16. The number of carboxylic acid groups (broad SMARTS) is 1. The molecule has 0 aromatic rings. The van der Waals surface area contributed by atoms with Crippen LogP contribution in [-0.2, 0) is 4.84 Å². The van der Waals surface area contributed by atoms with E-state index in [1.807, 2.05) is 0 Å². The fraction of sp³-hybridized carbons (Fsp3) is 0.857. The van der Waals surface area contributed by atoms with E-state index in [4.69, 9.17) is 15.1 Å². The molecular formula is C7H15NO4. The van der Waals surface area contributed by atoms with Crippen LogP contribution in [0.4, 0.5) is 4.79 Å². The van der Waals surface area contributed by atoms with Gasteiger partial charge in [-0.25, -0.2) is 4.79 Å². The number of nitrogens with zero attached hydrogens (tertiary/aromatic N) is 1. The van der Waals surface area contributed by atoms with Crippen molar-refractivity contribution in [2.75, 3.05) is 13.2 Å². The molecule has 0 heterocycles. The minimum atomic E-state index is -1.16. The Hall–Kier alpha value is -0.810. The van der Waals surface area contributed by atoms with Crippen LogP contribution < -0.4 is 0 Å². The van der Waals surface area contributed by atoms with Crippen LogP contribution in [0.1, 0.15) is 20.8 Å². The van der Waals surface area contributed by atoms with Crippen molar-refractivity contribution >= 4 is 6.09 Å². The van der Waals surface area contributed by atoms with Crippen LogP contribution in [0.25, 0.3) is 0 Å². The van der Waals surface area contributed by atoms with Crippen LogP contribution in [-0.4, -0.2) is 40.1 Å². The molecule has 2 N–H and O–H groups in total. The average molecular weight is 177 g/mol. The molecule has 0 saturated heterocycles. The zero-order chi connectivity index (χ0) is 9.78. The second kappa shape index (κ2) is 4.27. The molecule has 0 aliphatic carbocycles. The van der Waals surface area contributed by atoms with Crippen molar-refractivity contribution < 1.29 is 19.8 Å². The Bertz CT molecular complexity index is 152. The number of hydrogen-bond acceptors (Lipinski definition) is 3. The first-order chi connectivity index (χ1) is 5.39. The minimum Gasteiger partial charge on any atom is -0.463 e. The quantitative estimate of drug-likeness (QED) is 0.622. The molecule has 0 aliphatic rings. The Labute approximate surface area is 71.5 Å². The Morgan fingerprint density at radius 2 is 2.00 bits per heavy atom. The van der Waals surface area contributed by atoms with E-state index in [0.717, 1.165) is 5.06 Å². The SMILES string of the molecule is CC(C)(C)N(OCCO)C(=O)O. The summed E-state index contributed by atoms with van der Waals surface area (Å²) in [4.78, 5) is 15.4. The van der Waals surface area contributed by atoms with E-state index in [9.17, 15) is 4.79 Å². The van der Waals surface area contributed by atoms with Gasteiger partial charge in [0.2, 0.25) is 0 Å². The lowest BCUT2D eigenvalue weighted by Gasteiger charge is -2.31. The van der Waals surface area contributed by atoms with Crippen molar-refractivity contribution in [2.24, 2.45) is 0 Å². The minimum absolute atomic E-state index is 0.0103. The third-order valence-electron chi connectivity index (χ3n) is 1.09. The molecule has 0 aromatic heterocycles. The number of hydrogen-bond donors (Lipinski definition) is 2. The fourth-order valence-corrected chi connectivity index (χ4v) is 0.668. The van der Waals surface area contributed by atoms with Crippen LogP contribution in [0.5, 0.6) is 0 Å². The molecule has 0 radical (unpaired) electrons. The lowest BCUT2D eigenvalue weighted by atomic mass is 10.1. The zero-order valence-electron chi connectivity index (χ0n) is 7.57. The van der Waals surface area contributed by atoms with Crippen LogP contribution in [0.2, 0.25) is 0 Å². The van der Waals surface area contributed by atoms with Gasteiger partial charge in [-0.15, -0.1) is 0 Å². The fourth-order valence-electron chi connectivity index (χ4n) is 0.668. The van der Waals surface area contributed by atoms with Crippen LogP contribution in [0, 0.1) is 0 Å². The summed E-state index contributed by atoms with van der Waals surface area (Å²) in [5.74, 6) is 0. The summed E-state index contributed by atoms with van der Waals surface area (Å²) in [6, 6.07) is 0. The highest BCUT2D eigenvalue weighted by atomic mass is 16.7. The highest BCUT2D eigenvalue weighted by molar-refractivity contribution is 5.64. The highest BCUT2D eigenvalue weighted by Crippen LogP contribution is 2.13. The molecule has 0 fully saturated rings. The Balaban J connectivity index is 4.15. The third-order valence-corrected chi connectivity index (χ3v) is 1.09. The van der Waals surface area contributed by atoms with Gasteiger partial charge in [-0.3, -0.25) is 4.84 Å². The summed E-state index contributed by atoms with van der Waals surface area (Å²) < 4.78 is 0. The van der Waals surface area contributed by atoms with Gasteiger partial charge in [0, 0.05) is 0 Å². The smallest absolute Gasteiger partial charge is 0.431 e. The first-order valence-corrected chi connectivity index (χ1v) is 3.66. The van der Waals surface area contributed by atoms with Crippen LogP contribution >= 0.6 is 0 Å². The summed E-state index contributed by atoms with van der Waals surface area (Å²) in [5.41, 5.74) is -0.610. The number of aliphatic hydroxyl groups is 1. The Kier molecular flexibility index (Phi) is 3.99. The predicted octanol–water partition coefficient (Wildman–Crippen LogP) is 0.689. The second-order valence-corrected chi connectivity index (χ2v) is 3.30. The van der Waals surface area contributed by atoms with E-state index >= 15 is 0 Å². The number of amides is 1. The molecule has 0 spiro atoms. The number of rotatable bonds is 3. The van der Waals surface area contributed by atoms with Crippen LogP contribution in [0.15, 0.2) is 0 Å². The molecule has 5 heteroatoms. The van der Waals surface area contributed by atoms with E-state index in [2.05, 4.69) is 0 Å². The van der Waals surface area contributed by atoms with Gasteiger partial charge < -0.3 is 10.2 Å². The van der Waals surface area contributed by atoms with Crippen molar-refractivity contribution in [1.29, 1.82) is 0 Å². The standard InChI is InChI=1S/C7H15NO4/c1-7(2,3)8(6(10)11)12-5-4-9/h9H,4-5H2,1-3H3,(H,10,11). The second-order valence-electron chi connectivity index (χ2n) is 3.30. The molecule has 5 nitrogen and oxygen atoms in total. The topological polar surface area (TPSA) is 70.0 Å². The van der Waals surface area contributed by atoms with E-state index in [1.165, 1.54) is 0 Å². The Morgan fingerprint density at radius 1 is 1.50 bits per heavy atom. The normalized spacial score (nSPS) is 11.3. The van der Waals surface area contributed by atoms with Gasteiger partial charge in [-0.05, 0) is 20.8 Å². The maximum absolute atomic E-state index is 10.6. The lowest BCUT2D eigenvalue weighted by molar-refractivity contribution is -0.183. The van der Waals surface area contributed by atoms with E-state index in [-0.39, 0.29) is 13.2 Å². The Morgan fingerprint density at radius 3 is 2.25 bits per heavy atom. The van der Waals surface area contributed by atoms with Gasteiger partial charge in [0.05, 0.1) is 18.8 Å². The van der Waals surface area contributed by atoms with Crippen molar-refractivity contribution in [3.05, 3.63) is 0 Å². The molecular weight excluding hydrogens is 162 g/mol. The molecule has 1 amide bonds. The molecule has 0 rings (SSSR count). The van der Waals surface area contributed by atoms with Gasteiger partial charge in [-0.1, -0.05) is 0 Å². The van der Waals surface area contributed by atoms with Gasteiger partial charge in [-0.2, -0.15) is 5.06 Å². The molecule has 0 saturated carbocycles. The summed E-state index contributed by atoms with van der Waals surface area (Å²) >= 11 is 0. The summed E-state index contributed by atoms with van der Waals surface area (Å²) in [6.45, 7) is 4.92. The van der Waals surface area contributed by atoms with Gasteiger partial charge in [0.15, 0.2) is 0 Å². The van der Waals surface area contributed by atoms with Crippen molar-refractivity contribution in [1.82, 2.24) is 5.06 Å².